The minimum Gasteiger partial charge on any atom is -0.450 e. The highest BCUT2D eigenvalue weighted by atomic mass is 16.5. The molecule has 2 amide bonds. The largest absolute Gasteiger partial charge is 0.450 e. The maximum atomic E-state index is 13.0. The Bertz CT molecular complexity index is 1360. The molecule has 1 fully saturated rings. The molecular weight excluding hydrogens is 462 g/mol. The van der Waals surface area contributed by atoms with Crippen molar-refractivity contribution >= 4 is 29.0 Å². The van der Waals surface area contributed by atoms with Gasteiger partial charge in [0.1, 0.15) is 17.5 Å². The molecule has 12 heteroatoms. The maximum absolute atomic E-state index is 13.0. The number of rotatable bonds is 5. The predicted molar refractivity (Wildman–Crippen MR) is 135 cm³/mol. The summed E-state index contributed by atoms with van der Waals surface area (Å²) in [6.07, 6.45) is 6.01. The Labute approximate surface area is 208 Å². The van der Waals surface area contributed by atoms with Crippen molar-refractivity contribution in [3.8, 4) is 17.1 Å². The van der Waals surface area contributed by atoms with Gasteiger partial charge < -0.3 is 24.1 Å². The Balaban J connectivity index is 0.00000304. The fourth-order valence-corrected chi connectivity index (χ4v) is 3.93. The smallest absolute Gasteiger partial charge is 0.413 e. The van der Waals surface area contributed by atoms with Crippen LogP contribution in [-0.4, -0.2) is 91.1 Å². The molecule has 3 aromatic heterocycles. The van der Waals surface area contributed by atoms with Crippen LogP contribution in [0.25, 0.3) is 28.1 Å². The molecule has 4 aromatic rings. The van der Waals surface area contributed by atoms with Crippen LogP contribution in [0.1, 0.15) is 24.8 Å². The quantitative estimate of drug-likeness (QED) is 0.435. The number of anilines is 1. The van der Waals surface area contributed by atoms with E-state index in [4.69, 9.17) is 4.74 Å². The van der Waals surface area contributed by atoms with Crippen molar-refractivity contribution in [2.75, 3.05) is 45.2 Å². The fraction of sp³-hybridized carbons (Fsp3) is 0.333. The second-order valence-corrected chi connectivity index (χ2v) is 8.15. The zero-order chi connectivity index (χ0) is 24.4. The number of hydrogen-bond donors (Lipinski definition) is 2. The highest BCUT2D eigenvalue weighted by Gasteiger charge is 2.23. The summed E-state index contributed by atoms with van der Waals surface area (Å²) >= 11 is 0. The van der Waals surface area contributed by atoms with Crippen LogP contribution in [0.3, 0.4) is 0 Å². The second-order valence-electron chi connectivity index (χ2n) is 8.15. The van der Waals surface area contributed by atoms with Gasteiger partial charge in [0.15, 0.2) is 5.82 Å². The highest BCUT2D eigenvalue weighted by molar-refractivity contribution is 5.95. The average molecular weight is 492 g/mol. The SMILES string of the molecule is C.CCOC(=O)Nc1nc2c(-c3ncccn3)cc(-n3cnc(C(=O)N4CCN(C)CC4)c3)cc2[nH]1. The Morgan fingerprint density at radius 3 is 2.58 bits per heavy atom. The lowest BCUT2D eigenvalue weighted by atomic mass is 10.1. The summed E-state index contributed by atoms with van der Waals surface area (Å²) in [7, 11) is 2.05. The molecule has 4 heterocycles. The van der Waals surface area contributed by atoms with E-state index >= 15 is 0 Å². The first-order valence-corrected chi connectivity index (χ1v) is 11.3. The number of carbonyl (C=O) groups is 2. The Kier molecular flexibility index (Phi) is 7.25. The minimum atomic E-state index is -0.606. The van der Waals surface area contributed by atoms with Crippen LogP contribution in [0.4, 0.5) is 10.7 Å². The van der Waals surface area contributed by atoms with Crippen LogP contribution in [-0.2, 0) is 4.74 Å². The molecule has 0 bridgehead atoms. The zero-order valence-electron chi connectivity index (χ0n) is 19.4. The Morgan fingerprint density at radius 1 is 1.11 bits per heavy atom. The number of nitrogens with one attached hydrogen (secondary N) is 2. The number of carbonyl (C=O) groups excluding carboxylic acids is 2. The van der Waals surface area contributed by atoms with Crippen molar-refractivity contribution in [1.29, 1.82) is 0 Å². The summed E-state index contributed by atoms with van der Waals surface area (Å²) in [5.41, 5.74) is 3.00. The van der Waals surface area contributed by atoms with Crippen molar-refractivity contribution < 1.29 is 14.3 Å². The van der Waals surface area contributed by atoms with E-state index in [0.29, 0.717) is 41.2 Å². The molecule has 5 rings (SSSR count). The number of amides is 2. The molecule has 1 aliphatic heterocycles. The van der Waals surface area contributed by atoms with E-state index in [-0.39, 0.29) is 25.9 Å². The number of H-pyrrole nitrogens is 1. The van der Waals surface area contributed by atoms with Crippen LogP contribution in [0, 0.1) is 0 Å². The number of hydrogen-bond acceptors (Lipinski definition) is 8. The van der Waals surface area contributed by atoms with Gasteiger partial charge in [0.25, 0.3) is 5.91 Å². The molecule has 188 valence electrons. The van der Waals surface area contributed by atoms with Gasteiger partial charge in [-0.1, -0.05) is 7.43 Å². The van der Waals surface area contributed by atoms with Gasteiger partial charge in [0.05, 0.1) is 12.1 Å². The molecule has 1 aliphatic rings. The molecule has 0 unspecified atom stereocenters. The van der Waals surface area contributed by atoms with E-state index in [2.05, 4.69) is 35.1 Å². The monoisotopic (exact) mass is 491 g/mol. The number of fused-ring (bicyclic) bond motifs is 1. The average Bonchev–Trinajstić information content (AvgIpc) is 3.51. The van der Waals surface area contributed by atoms with Crippen molar-refractivity contribution in [2.24, 2.45) is 0 Å². The zero-order valence-corrected chi connectivity index (χ0v) is 19.4. The van der Waals surface area contributed by atoms with Gasteiger partial charge >= 0.3 is 6.09 Å². The van der Waals surface area contributed by atoms with Crippen molar-refractivity contribution in [2.45, 2.75) is 14.4 Å². The highest BCUT2D eigenvalue weighted by Crippen LogP contribution is 2.29. The molecule has 1 aromatic carbocycles. The fourth-order valence-electron chi connectivity index (χ4n) is 3.93. The van der Waals surface area contributed by atoms with Gasteiger partial charge in [-0.15, -0.1) is 0 Å². The molecule has 0 aliphatic carbocycles. The van der Waals surface area contributed by atoms with E-state index in [0.717, 1.165) is 18.8 Å². The molecule has 36 heavy (non-hydrogen) atoms. The summed E-state index contributed by atoms with van der Waals surface area (Å²) in [4.78, 5) is 49.6. The molecule has 1 saturated heterocycles. The van der Waals surface area contributed by atoms with Crippen LogP contribution in [0.5, 0.6) is 0 Å². The number of piperazine rings is 1. The number of imidazole rings is 2. The molecule has 0 radical (unpaired) electrons. The summed E-state index contributed by atoms with van der Waals surface area (Å²) in [6.45, 7) is 5.00. The van der Waals surface area contributed by atoms with Gasteiger partial charge in [-0.25, -0.2) is 24.7 Å². The van der Waals surface area contributed by atoms with Gasteiger partial charge in [-0.05, 0) is 32.2 Å². The van der Waals surface area contributed by atoms with Crippen molar-refractivity contribution in [1.82, 2.24) is 39.3 Å². The summed E-state index contributed by atoms with van der Waals surface area (Å²) in [5, 5.41) is 2.59. The molecule has 0 atom stereocenters. The summed E-state index contributed by atoms with van der Waals surface area (Å²) < 4.78 is 6.72. The maximum Gasteiger partial charge on any atom is 0.413 e. The molecule has 2 N–H and O–H groups in total. The Hall–Kier alpha value is -4.32. The molecule has 12 nitrogen and oxygen atoms in total. The van der Waals surface area contributed by atoms with Gasteiger partial charge in [0.2, 0.25) is 5.95 Å². The van der Waals surface area contributed by atoms with E-state index in [1.165, 1.54) is 0 Å². The number of likely N-dealkylation sites (N-methyl/N-ethyl adjacent to an activating group) is 1. The second kappa shape index (κ2) is 10.5. The van der Waals surface area contributed by atoms with Crippen LogP contribution >= 0.6 is 0 Å². The first-order valence-electron chi connectivity index (χ1n) is 11.3. The van der Waals surface area contributed by atoms with Gasteiger partial charge in [0, 0.05) is 56.0 Å². The van der Waals surface area contributed by atoms with Crippen LogP contribution in [0.15, 0.2) is 43.1 Å². The third-order valence-electron chi connectivity index (χ3n) is 5.76. The molecule has 0 spiro atoms. The number of ether oxygens (including phenoxy) is 1. The van der Waals surface area contributed by atoms with E-state index < -0.39 is 6.09 Å². The third-order valence-corrected chi connectivity index (χ3v) is 5.76. The number of aromatic amines is 1. The van der Waals surface area contributed by atoms with Crippen molar-refractivity contribution in [3.05, 3.63) is 48.8 Å². The molecular formula is C24H29N9O3. The third kappa shape index (κ3) is 5.03. The summed E-state index contributed by atoms with van der Waals surface area (Å²) in [5.74, 6) is 0.624. The first kappa shape index (κ1) is 24.8. The predicted octanol–water partition coefficient (Wildman–Crippen LogP) is 2.80. The minimum absolute atomic E-state index is 0. The van der Waals surface area contributed by atoms with Gasteiger partial charge in [-0.3, -0.25) is 10.1 Å². The lowest BCUT2D eigenvalue weighted by Gasteiger charge is -2.31. The normalized spacial score (nSPS) is 13.9. The van der Waals surface area contributed by atoms with Crippen LogP contribution in [0.2, 0.25) is 0 Å². The van der Waals surface area contributed by atoms with Crippen LogP contribution < -0.4 is 5.32 Å². The Morgan fingerprint density at radius 2 is 1.86 bits per heavy atom. The topological polar surface area (TPSA) is 134 Å². The molecule has 0 saturated carbocycles. The standard InChI is InChI=1S/C23H25N9O3.CH4/c1-3-35-23(34)29-22-27-17-12-15(11-16(19(17)28-22)20-24-5-4-6-25-20)32-13-18(26-14-32)21(33)31-9-7-30(2)8-10-31;/h4-6,11-14H,3,7-10H2,1-2H3,(H2,27,28,29,34);1H4. The van der Waals surface area contributed by atoms with Crippen molar-refractivity contribution in [3.63, 3.8) is 0 Å². The van der Waals surface area contributed by atoms with E-state index in [1.807, 2.05) is 24.1 Å². The van der Waals surface area contributed by atoms with Gasteiger partial charge in [-0.2, -0.15) is 0 Å². The van der Waals surface area contributed by atoms with E-state index in [9.17, 15) is 9.59 Å². The number of nitrogens with zero attached hydrogens (tertiary/aromatic N) is 7. The first-order chi connectivity index (χ1) is 17.0. The summed E-state index contributed by atoms with van der Waals surface area (Å²) in [6, 6.07) is 5.46. The number of benzene rings is 1. The lowest BCUT2D eigenvalue weighted by Crippen LogP contribution is -2.47. The van der Waals surface area contributed by atoms with E-state index in [1.54, 1.807) is 42.5 Å². The lowest BCUT2D eigenvalue weighted by molar-refractivity contribution is 0.0658. The number of aromatic nitrogens is 6.